The van der Waals surface area contributed by atoms with Crippen molar-refractivity contribution in [3.63, 3.8) is 0 Å². The number of aromatic nitrogens is 2. The Morgan fingerprint density at radius 2 is 2.37 bits per heavy atom. The van der Waals surface area contributed by atoms with Crippen LogP contribution in [0, 0.1) is 0 Å². The molecule has 3 rings (SSSR count). The van der Waals surface area contributed by atoms with Crippen LogP contribution >= 0.6 is 0 Å². The van der Waals surface area contributed by atoms with E-state index in [1.165, 1.54) is 5.56 Å². The molecule has 0 bridgehead atoms. The summed E-state index contributed by atoms with van der Waals surface area (Å²) >= 11 is 0. The standard InChI is InChI=1S/C15H19N3O/c1-2-7-18-8-6-16-15(18)11-17-13-3-4-14-12(10-13)5-9-19-14/h3-4,6,8,10,17H,2,5,7,9,11H2,1H3. The average molecular weight is 257 g/mol. The van der Waals surface area contributed by atoms with Crippen molar-refractivity contribution >= 4 is 5.69 Å². The van der Waals surface area contributed by atoms with E-state index < -0.39 is 0 Å². The molecule has 2 aromatic rings. The number of hydrogen-bond acceptors (Lipinski definition) is 3. The van der Waals surface area contributed by atoms with Crippen molar-refractivity contribution in [2.45, 2.75) is 32.9 Å². The van der Waals surface area contributed by atoms with Crippen LogP contribution in [-0.4, -0.2) is 16.2 Å². The fourth-order valence-corrected chi connectivity index (χ4v) is 2.43. The minimum atomic E-state index is 0.757. The Morgan fingerprint density at radius 3 is 3.26 bits per heavy atom. The Balaban J connectivity index is 1.67. The zero-order valence-electron chi connectivity index (χ0n) is 11.2. The summed E-state index contributed by atoms with van der Waals surface area (Å²) in [4.78, 5) is 4.40. The summed E-state index contributed by atoms with van der Waals surface area (Å²) in [5, 5.41) is 3.44. The minimum Gasteiger partial charge on any atom is -0.493 e. The van der Waals surface area contributed by atoms with Gasteiger partial charge in [0.1, 0.15) is 11.6 Å². The second-order valence-electron chi connectivity index (χ2n) is 4.81. The van der Waals surface area contributed by atoms with Gasteiger partial charge < -0.3 is 14.6 Å². The van der Waals surface area contributed by atoms with E-state index in [4.69, 9.17) is 4.74 Å². The summed E-state index contributed by atoms with van der Waals surface area (Å²) in [6.45, 7) is 4.76. The van der Waals surface area contributed by atoms with Gasteiger partial charge in [-0.2, -0.15) is 0 Å². The number of nitrogens with zero attached hydrogens (tertiary/aromatic N) is 2. The van der Waals surface area contributed by atoms with Gasteiger partial charge in [-0.05, 0) is 30.2 Å². The molecular weight excluding hydrogens is 238 g/mol. The maximum absolute atomic E-state index is 5.51. The predicted octanol–water partition coefficient (Wildman–Crippen LogP) is 2.84. The van der Waals surface area contributed by atoms with Gasteiger partial charge in [0.05, 0.1) is 13.2 Å². The molecule has 4 heteroatoms. The number of rotatable bonds is 5. The molecule has 1 aliphatic rings. The Labute approximate surface area is 113 Å². The van der Waals surface area contributed by atoms with Crippen LogP contribution in [0.2, 0.25) is 0 Å². The van der Waals surface area contributed by atoms with E-state index in [1.54, 1.807) is 0 Å². The van der Waals surface area contributed by atoms with Gasteiger partial charge in [-0.25, -0.2) is 4.98 Å². The highest BCUT2D eigenvalue weighted by Gasteiger charge is 2.12. The molecule has 4 nitrogen and oxygen atoms in total. The van der Waals surface area contributed by atoms with Crippen molar-refractivity contribution < 1.29 is 4.74 Å². The summed E-state index contributed by atoms with van der Waals surface area (Å²) < 4.78 is 7.71. The van der Waals surface area contributed by atoms with Gasteiger partial charge in [0.2, 0.25) is 0 Å². The third-order valence-corrected chi connectivity index (χ3v) is 3.41. The normalized spacial score (nSPS) is 13.1. The summed E-state index contributed by atoms with van der Waals surface area (Å²) in [5.74, 6) is 2.11. The van der Waals surface area contributed by atoms with E-state index in [-0.39, 0.29) is 0 Å². The van der Waals surface area contributed by atoms with Crippen molar-refractivity contribution in [3.05, 3.63) is 42.0 Å². The first-order chi connectivity index (χ1) is 9.36. The molecule has 2 heterocycles. The third kappa shape index (κ3) is 2.57. The van der Waals surface area contributed by atoms with Crippen LogP contribution < -0.4 is 10.1 Å². The molecule has 0 radical (unpaired) electrons. The lowest BCUT2D eigenvalue weighted by Crippen LogP contribution is -2.08. The molecule has 1 aliphatic heterocycles. The van der Waals surface area contributed by atoms with Crippen LogP contribution in [0.25, 0.3) is 0 Å². The lowest BCUT2D eigenvalue weighted by molar-refractivity contribution is 0.357. The number of imidazole rings is 1. The maximum atomic E-state index is 5.51. The molecule has 0 saturated heterocycles. The number of fused-ring (bicyclic) bond motifs is 1. The number of ether oxygens (including phenoxy) is 1. The molecule has 0 spiro atoms. The van der Waals surface area contributed by atoms with Crippen LogP contribution in [0.15, 0.2) is 30.6 Å². The zero-order valence-corrected chi connectivity index (χ0v) is 11.2. The lowest BCUT2D eigenvalue weighted by atomic mass is 10.1. The van der Waals surface area contributed by atoms with Gasteiger partial charge in [0, 0.05) is 31.0 Å². The summed E-state index contributed by atoms with van der Waals surface area (Å²) in [6, 6.07) is 6.29. The van der Waals surface area contributed by atoms with E-state index in [0.717, 1.165) is 49.8 Å². The quantitative estimate of drug-likeness (QED) is 0.895. The lowest BCUT2D eigenvalue weighted by Gasteiger charge is -2.09. The number of nitrogens with one attached hydrogen (secondary N) is 1. The molecular formula is C15H19N3O. The molecule has 1 aromatic carbocycles. The predicted molar refractivity (Wildman–Crippen MR) is 75.5 cm³/mol. The summed E-state index contributed by atoms with van der Waals surface area (Å²) in [7, 11) is 0. The van der Waals surface area contributed by atoms with Gasteiger partial charge in [-0.1, -0.05) is 6.92 Å². The number of aryl methyl sites for hydroxylation is 1. The van der Waals surface area contributed by atoms with E-state index in [0.29, 0.717) is 0 Å². The molecule has 19 heavy (non-hydrogen) atoms. The van der Waals surface area contributed by atoms with Crippen molar-refractivity contribution in [2.75, 3.05) is 11.9 Å². The molecule has 0 amide bonds. The Morgan fingerprint density at radius 1 is 1.42 bits per heavy atom. The highest BCUT2D eigenvalue weighted by molar-refractivity contribution is 5.52. The summed E-state index contributed by atoms with van der Waals surface area (Å²) in [5.41, 5.74) is 2.43. The molecule has 0 unspecified atom stereocenters. The second-order valence-corrected chi connectivity index (χ2v) is 4.81. The molecule has 1 N–H and O–H groups in total. The van der Waals surface area contributed by atoms with Gasteiger partial charge in [-0.3, -0.25) is 0 Å². The number of benzene rings is 1. The third-order valence-electron chi connectivity index (χ3n) is 3.41. The van der Waals surface area contributed by atoms with Gasteiger partial charge in [-0.15, -0.1) is 0 Å². The van der Waals surface area contributed by atoms with Gasteiger partial charge in [0.15, 0.2) is 0 Å². The molecule has 100 valence electrons. The first kappa shape index (κ1) is 12.1. The monoisotopic (exact) mass is 257 g/mol. The number of hydrogen-bond donors (Lipinski definition) is 1. The largest absolute Gasteiger partial charge is 0.493 e. The van der Waals surface area contributed by atoms with Crippen LogP contribution in [0.1, 0.15) is 24.7 Å². The highest BCUT2D eigenvalue weighted by Crippen LogP contribution is 2.27. The SMILES string of the molecule is CCCn1ccnc1CNc1ccc2c(c1)CCO2. The fraction of sp³-hybridized carbons (Fsp3) is 0.400. The zero-order chi connectivity index (χ0) is 13.1. The Hall–Kier alpha value is -1.97. The van der Waals surface area contributed by atoms with Crippen LogP contribution in [0.4, 0.5) is 5.69 Å². The van der Waals surface area contributed by atoms with Gasteiger partial charge >= 0.3 is 0 Å². The van der Waals surface area contributed by atoms with E-state index in [1.807, 2.05) is 18.5 Å². The van der Waals surface area contributed by atoms with Crippen molar-refractivity contribution in [3.8, 4) is 5.75 Å². The molecule has 0 aliphatic carbocycles. The average Bonchev–Trinajstić information content (AvgIpc) is 3.05. The van der Waals surface area contributed by atoms with E-state index in [2.05, 4.69) is 33.9 Å². The van der Waals surface area contributed by atoms with Crippen molar-refractivity contribution in [1.82, 2.24) is 9.55 Å². The molecule has 0 fully saturated rings. The van der Waals surface area contributed by atoms with Crippen LogP contribution in [-0.2, 0) is 19.5 Å². The topological polar surface area (TPSA) is 39.1 Å². The number of anilines is 1. The second kappa shape index (κ2) is 5.34. The first-order valence-electron chi connectivity index (χ1n) is 6.86. The van der Waals surface area contributed by atoms with E-state index in [9.17, 15) is 0 Å². The Kier molecular flexibility index (Phi) is 3.40. The maximum Gasteiger partial charge on any atom is 0.128 e. The smallest absolute Gasteiger partial charge is 0.128 e. The van der Waals surface area contributed by atoms with E-state index >= 15 is 0 Å². The molecule has 1 aromatic heterocycles. The molecule has 0 saturated carbocycles. The Bertz CT molecular complexity index is 562. The van der Waals surface area contributed by atoms with Crippen molar-refractivity contribution in [1.29, 1.82) is 0 Å². The summed E-state index contributed by atoms with van der Waals surface area (Å²) in [6.07, 6.45) is 6.04. The van der Waals surface area contributed by atoms with Crippen LogP contribution in [0.3, 0.4) is 0 Å². The molecule has 0 atom stereocenters. The minimum absolute atomic E-state index is 0.757. The fourth-order valence-electron chi connectivity index (χ4n) is 2.43. The van der Waals surface area contributed by atoms with Crippen molar-refractivity contribution in [2.24, 2.45) is 0 Å². The first-order valence-corrected chi connectivity index (χ1v) is 6.86. The highest BCUT2D eigenvalue weighted by atomic mass is 16.5. The van der Waals surface area contributed by atoms with Gasteiger partial charge in [0.25, 0.3) is 0 Å². The van der Waals surface area contributed by atoms with Crippen LogP contribution in [0.5, 0.6) is 5.75 Å².